The molecule has 0 saturated heterocycles. The van der Waals surface area contributed by atoms with Crippen LogP contribution in [0.1, 0.15) is 21.7 Å². The number of hydrogen-bond donors (Lipinski definition) is 1. The van der Waals surface area contributed by atoms with Crippen LogP contribution in [-0.2, 0) is 6.61 Å². The Hall–Kier alpha value is -2.51. The Morgan fingerprint density at radius 2 is 2.00 bits per heavy atom. The maximum absolute atomic E-state index is 13.1. The predicted molar refractivity (Wildman–Crippen MR) is 94.8 cm³/mol. The Labute approximate surface area is 152 Å². The van der Waals surface area contributed by atoms with Gasteiger partial charge < -0.3 is 10.1 Å². The zero-order valence-electron chi connectivity index (χ0n) is 13.1. The number of hydrogen-bond acceptors (Lipinski definition) is 5. The molecule has 3 aromatic rings. The Morgan fingerprint density at radius 3 is 2.64 bits per heavy atom. The molecule has 0 aliphatic heterocycles. The number of anilines is 1. The molecule has 3 rings (SSSR count). The number of halogens is 2. The summed E-state index contributed by atoms with van der Waals surface area (Å²) in [6.45, 7) is 2.19. The second-order valence-electron chi connectivity index (χ2n) is 5.19. The van der Waals surface area contributed by atoms with E-state index < -0.39 is 5.82 Å². The fourth-order valence-electron chi connectivity index (χ4n) is 2.01. The van der Waals surface area contributed by atoms with Gasteiger partial charge in [-0.25, -0.2) is 4.39 Å². The van der Waals surface area contributed by atoms with Crippen LogP contribution in [0.15, 0.2) is 42.5 Å². The highest BCUT2D eigenvalue weighted by Crippen LogP contribution is 2.20. The number of rotatable bonds is 5. The molecule has 0 aliphatic carbocycles. The lowest BCUT2D eigenvalue weighted by molar-refractivity contribution is 0.102. The van der Waals surface area contributed by atoms with Crippen LogP contribution >= 0.6 is 23.3 Å². The fraction of sp³-hybridized carbons (Fsp3) is 0.118. The molecule has 1 aromatic heterocycles. The molecule has 0 aliphatic rings. The standard InChI is InChI=1S/C17H13ClFN3O2S/c1-10-16(22-25-21-10)9-24-13-5-2-11(3-6-13)17(23)20-12-4-7-15(19)14(18)8-12/h2-8H,9H2,1H3,(H,20,23). The van der Waals surface area contributed by atoms with Crippen molar-refractivity contribution in [3.63, 3.8) is 0 Å². The van der Waals surface area contributed by atoms with Crippen LogP contribution in [-0.4, -0.2) is 14.7 Å². The van der Waals surface area contributed by atoms with E-state index in [1.807, 2.05) is 6.92 Å². The van der Waals surface area contributed by atoms with Gasteiger partial charge in [0.25, 0.3) is 5.91 Å². The molecule has 128 valence electrons. The highest BCUT2D eigenvalue weighted by atomic mass is 35.5. The fourth-order valence-corrected chi connectivity index (χ4v) is 2.74. The van der Waals surface area contributed by atoms with Crippen molar-refractivity contribution in [1.82, 2.24) is 8.75 Å². The van der Waals surface area contributed by atoms with Gasteiger partial charge in [0.15, 0.2) is 0 Å². The minimum atomic E-state index is -0.535. The molecule has 0 unspecified atom stereocenters. The van der Waals surface area contributed by atoms with Crippen LogP contribution in [0, 0.1) is 12.7 Å². The van der Waals surface area contributed by atoms with Gasteiger partial charge in [0.1, 0.15) is 23.9 Å². The predicted octanol–water partition coefficient (Wildman–Crippen LogP) is 4.47. The van der Waals surface area contributed by atoms with Crippen molar-refractivity contribution in [2.75, 3.05) is 5.32 Å². The number of benzene rings is 2. The van der Waals surface area contributed by atoms with Gasteiger partial charge >= 0.3 is 0 Å². The van der Waals surface area contributed by atoms with E-state index in [-0.39, 0.29) is 10.9 Å². The summed E-state index contributed by atoms with van der Waals surface area (Å²) in [5.74, 6) is -0.241. The third-order valence-electron chi connectivity index (χ3n) is 3.42. The Morgan fingerprint density at radius 1 is 1.24 bits per heavy atom. The van der Waals surface area contributed by atoms with Gasteiger partial charge in [-0.1, -0.05) is 11.6 Å². The normalized spacial score (nSPS) is 10.5. The zero-order chi connectivity index (χ0) is 17.8. The van der Waals surface area contributed by atoms with Crippen LogP contribution in [0.4, 0.5) is 10.1 Å². The molecule has 0 atom stereocenters. The van der Waals surface area contributed by atoms with Gasteiger partial charge in [0.2, 0.25) is 0 Å². The van der Waals surface area contributed by atoms with E-state index in [4.69, 9.17) is 16.3 Å². The average molecular weight is 378 g/mol. The molecule has 0 fully saturated rings. The third kappa shape index (κ3) is 4.32. The van der Waals surface area contributed by atoms with E-state index in [0.717, 1.165) is 23.1 Å². The average Bonchev–Trinajstić information content (AvgIpc) is 3.02. The molecule has 5 nitrogen and oxygen atoms in total. The van der Waals surface area contributed by atoms with Crippen molar-refractivity contribution in [2.24, 2.45) is 0 Å². The van der Waals surface area contributed by atoms with Crippen molar-refractivity contribution >= 4 is 34.9 Å². The first-order valence-corrected chi connectivity index (χ1v) is 8.41. The number of nitrogens with zero attached hydrogens (tertiary/aromatic N) is 2. The molecule has 0 radical (unpaired) electrons. The number of amides is 1. The van der Waals surface area contributed by atoms with Crippen LogP contribution in [0.3, 0.4) is 0 Å². The van der Waals surface area contributed by atoms with Gasteiger partial charge in [-0.15, -0.1) is 0 Å². The third-order valence-corrected chi connectivity index (χ3v) is 4.36. The maximum Gasteiger partial charge on any atom is 0.255 e. The lowest BCUT2D eigenvalue weighted by atomic mass is 10.2. The summed E-state index contributed by atoms with van der Waals surface area (Å²) in [7, 11) is 0. The summed E-state index contributed by atoms with van der Waals surface area (Å²) in [6, 6.07) is 10.7. The smallest absolute Gasteiger partial charge is 0.255 e. The lowest BCUT2D eigenvalue weighted by Crippen LogP contribution is -2.11. The second kappa shape index (κ2) is 7.58. The quantitative estimate of drug-likeness (QED) is 0.712. The number of ether oxygens (including phenoxy) is 1. The molecular weight excluding hydrogens is 365 g/mol. The molecule has 2 aromatic carbocycles. The van der Waals surface area contributed by atoms with Crippen LogP contribution in [0.5, 0.6) is 5.75 Å². The summed E-state index contributed by atoms with van der Waals surface area (Å²) in [6.07, 6.45) is 0. The Bertz CT molecular complexity index is 899. The summed E-state index contributed by atoms with van der Waals surface area (Å²) in [5.41, 5.74) is 2.50. The molecule has 8 heteroatoms. The van der Waals surface area contributed by atoms with E-state index in [9.17, 15) is 9.18 Å². The highest BCUT2D eigenvalue weighted by Gasteiger charge is 2.09. The van der Waals surface area contributed by atoms with E-state index >= 15 is 0 Å². The van der Waals surface area contributed by atoms with E-state index in [1.54, 1.807) is 24.3 Å². The lowest BCUT2D eigenvalue weighted by Gasteiger charge is -2.08. The van der Waals surface area contributed by atoms with Crippen molar-refractivity contribution in [2.45, 2.75) is 13.5 Å². The Kier molecular flexibility index (Phi) is 5.25. The summed E-state index contributed by atoms with van der Waals surface area (Å²) in [5, 5.41) is 2.61. The Balaban J connectivity index is 1.62. The number of carbonyl (C=O) groups is 1. The molecule has 0 bridgehead atoms. The van der Waals surface area contributed by atoms with Crippen LogP contribution in [0.2, 0.25) is 5.02 Å². The van der Waals surface area contributed by atoms with E-state index in [1.165, 1.54) is 18.2 Å². The molecule has 1 amide bonds. The van der Waals surface area contributed by atoms with Gasteiger partial charge in [-0.3, -0.25) is 4.79 Å². The number of nitrogens with one attached hydrogen (secondary N) is 1. The molecule has 1 heterocycles. The highest BCUT2D eigenvalue weighted by molar-refractivity contribution is 6.99. The van der Waals surface area contributed by atoms with Gasteiger partial charge in [0.05, 0.1) is 22.4 Å². The van der Waals surface area contributed by atoms with Crippen molar-refractivity contribution in [3.05, 3.63) is 70.3 Å². The first kappa shape index (κ1) is 17.3. The number of aryl methyl sites for hydroxylation is 1. The number of carbonyl (C=O) groups excluding carboxylic acids is 1. The van der Waals surface area contributed by atoms with Gasteiger partial charge in [-0.05, 0) is 49.4 Å². The second-order valence-corrected chi connectivity index (χ2v) is 6.13. The van der Waals surface area contributed by atoms with Gasteiger partial charge in [-0.2, -0.15) is 8.75 Å². The molecule has 25 heavy (non-hydrogen) atoms. The van der Waals surface area contributed by atoms with Crippen molar-refractivity contribution < 1.29 is 13.9 Å². The topological polar surface area (TPSA) is 64.1 Å². The summed E-state index contributed by atoms with van der Waals surface area (Å²) < 4.78 is 27.0. The molecule has 0 spiro atoms. The summed E-state index contributed by atoms with van der Waals surface area (Å²) >= 11 is 6.85. The van der Waals surface area contributed by atoms with E-state index in [0.29, 0.717) is 23.6 Å². The van der Waals surface area contributed by atoms with Gasteiger partial charge in [0, 0.05) is 11.3 Å². The van der Waals surface area contributed by atoms with Crippen LogP contribution < -0.4 is 10.1 Å². The van der Waals surface area contributed by atoms with E-state index in [2.05, 4.69) is 14.1 Å². The first-order valence-electron chi connectivity index (χ1n) is 7.30. The zero-order valence-corrected chi connectivity index (χ0v) is 14.7. The minimum Gasteiger partial charge on any atom is -0.487 e. The van der Waals surface area contributed by atoms with Crippen LogP contribution in [0.25, 0.3) is 0 Å². The number of aromatic nitrogens is 2. The monoisotopic (exact) mass is 377 g/mol. The van der Waals surface area contributed by atoms with Crippen molar-refractivity contribution in [3.8, 4) is 5.75 Å². The maximum atomic E-state index is 13.1. The van der Waals surface area contributed by atoms with Crippen molar-refractivity contribution in [1.29, 1.82) is 0 Å². The molecule has 0 saturated carbocycles. The summed E-state index contributed by atoms with van der Waals surface area (Å²) in [4.78, 5) is 12.2. The SMILES string of the molecule is Cc1nsnc1COc1ccc(C(=O)Nc2ccc(F)c(Cl)c2)cc1. The largest absolute Gasteiger partial charge is 0.487 e. The first-order chi connectivity index (χ1) is 12.0. The molecule has 1 N–H and O–H groups in total. The minimum absolute atomic E-state index is 0.0478. The molecular formula is C17H13ClFN3O2S.